The molecule has 10 nitrogen and oxygen atoms in total. The number of aromatic nitrogens is 6. The Kier molecular flexibility index (Phi) is 8.74. The zero-order chi connectivity index (χ0) is 27.1. The normalized spacial score (nSPS) is 10.9. The first kappa shape index (κ1) is 26.9. The molecule has 0 saturated heterocycles. The molecule has 38 heavy (non-hydrogen) atoms. The van der Waals surface area contributed by atoms with E-state index in [1.54, 1.807) is 27.7 Å². The van der Waals surface area contributed by atoms with Crippen LogP contribution >= 0.6 is 11.6 Å². The standard InChI is InChI=1S/C25H25ClF2N8O2/c1-16-4-6-21(28)18(10-16)13-29-25(38)22-14-35(33-31-22)8-2-3-9-36-15-23(32-34-36)30-24(37)12-17-11-19(26)5-7-20(17)27/h4-7,10-11,14-15H,2-3,8-9,12-13H2,1H3,(H,29,38)(H,30,37). The van der Waals surface area contributed by atoms with Crippen molar-refractivity contribution in [1.29, 1.82) is 0 Å². The Bertz CT molecular complexity index is 1440. The third kappa shape index (κ3) is 7.42. The summed E-state index contributed by atoms with van der Waals surface area (Å²) >= 11 is 5.86. The quantitative estimate of drug-likeness (QED) is 0.279. The van der Waals surface area contributed by atoms with Gasteiger partial charge >= 0.3 is 0 Å². The maximum absolute atomic E-state index is 13.9. The van der Waals surface area contributed by atoms with Gasteiger partial charge in [0.1, 0.15) is 11.6 Å². The number of aryl methyl sites for hydroxylation is 3. The summed E-state index contributed by atoms with van der Waals surface area (Å²) < 4.78 is 30.8. The van der Waals surface area contributed by atoms with Crippen molar-refractivity contribution in [3.05, 3.63) is 87.8 Å². The molecule has 0 radical (unpaired) electrons. The molecule has 0 atom stereocenters. The van der Waals surface area contributed by atoms with Crippen molar-refractivity contribution in [2.45, 2.75) is 45.8 Å². The zero-order valence-electron chi connectivity index (χ0n) is 20.5. The highest BCUT2D eigenvalue weighted by atomic mass is 35.5. The summed E-state index contributed by atoms with van der Waals surface area (Å²) in [6.07, 6.45) is 4.38. The molecule has 2 aromatic carbocycles. The maximum atomic E-state index is 13.9. The number of amides is 2. The van der Waals surface area contributed by atoms with Crippen LogP contribution in [0.5, 0.6) is 0 Å². The van der Waals surface area contributed by atoms with E-state index in [1.807, 2.05) is 6.92 Å². The number of nitrogens with one attached hydrogen (secondary N) is 2. The molecule has 0 aliphatic heterocycles. The van der Waals surface area contributed by atoms with Crippen LogP contribution in [0.25, 0.3) is 0 Å². The van der Waals surface area contributed by atoms with Crippen molar-refractivity contribution in [2.75, 3.05) is 5.32 Å². The number of nitrogens with zero attached hydrogens (tertiary/aromatic N) is 6. The molecular formula is C25H25ClF2N8O2. The van der Waals surface area contributed by atoms with Gasteiger partial charge in [0.05, 0.1) is 18.8 Å². The molecular weight excluding hydrogens is 518 g/mol. The molecule has 13 heteroatoms. The molecule has 2 heterocycles. The zero-order valence-corrected chi connectivity index (χ0v) is 21.3. The minimum absolute atomic E-state index is 0.0526. The number of hydrogen-bond acceptors (Lipinski definition) is 6. The van der Waals surface area contributed by atoms with Crippen LogP contribution in [0.2, 0.25) is 5.02 Å². The summed E-state index contributed by atoms with van der Waals surface area (Å²) in [5, 5.41) is 21.3. The molecule has 0 aliphatic carbocycles. The first-order valence-electron chi connectivity index (χ1n) is 11.8. The Morgan fingerprint density at radius 2 is 1.61 bits per heavy atom. The Labute approximate surface area is 222 Å². The summed E-state index contributed by atoms with van der Waals surface area (Å²) in [7, 11) is 0. The number of benzene rings is 2. The number of rotatable bonds is 11. The van der Waals surface area contributed by atoms with Gasteiger partial charge in [0.25, 0.3) is 5.91 Å². The molecule has 4 aromatic rings. The van der Waals surface area contributed by atoms with Gasteiger partial charge in [0.15, 0.2) is 11.5 Å². The van der Waals surface area contributed by atoms with Crippen molar-refractivity contribution >= 4 is 29.2 Å². The third-order valence-corrected chi connectivity index (χ3v) is 5.84. The average Bonchev–Trinajstić information content (AvgIpc) is 3.54. The lowest BCUT2D eigenvalue weighted by molar-refractivity contribution is -0.115. The number of carbonyl (C=O) groups excluding carboxylic acids is 2. The monoisotopic (exact) mass is 542 g/mol. The van der Waals surface area contributed by atoms with Crippen LogP contribution < -0.4 is 10.6 Å². The average molecular weight is 543 g/mol. The van der Waals surface area contributed by atoms with Crippen LogP contribution in [0, 0.1) is 18.6 Å². The van der Waals surface area contributed by atoms with Gasteiger partial charge in [-0.15, -0.1) is 10.2 Å². The second kappa shape index (κ2) is 12.4. The van der Waals surface area contributed by atoms with Crippen LogP contribution in [0.1, 0.15) is 40.0 Å². The first-order chi connectivity index (χ1) is 18.3. The van der Waals surface area contributed by atoms with Gasteiger partial charge < -0.3 is 10.6 Å². The molecule has 2 aromatic heterocycles. The van der Waals surface area contributed by atoms with Crippen LogP contribution in [0.15, 0.2) is 48.8 Å². The van der Waals surface area contributed by atoms with Crippen molar-refractivity contribution in [1.82, 2.24) is 35.3 Å². The smallest absolute Gasteiger partial charge is 0.273 e. The number of carbonyl (C=O) groups is 2. The highest BCUT2D eigenvalue weighted by Gasteiger charge is 2.13. The van der Waals surface area contributed by atoms with Crippen LogP contribution in [0.3, 0.4) is 0 Å². The van der Waals surface area contributed by atoms with Gasteiger partial charge in [-0.3, -0.25) is 19.0 Å². The summed E-state index contributed by atoms with van der Waals surface area (Å²) in [5.41, 5.74) is 1.64. The fourth-order valence-corrected chi connectivity index (χ4v) is 3.86. The highest BCUT2D eigenvalue weighted by molar-refractivity contribution is 6.30. The van der Waals surface area contributed by atoms with E-state index in [0.29, 0.717) is 30.1 Å². The van der Waals surface area contributed by atoms with E-state index in [0.717, 1.165) is 12.0 Å². The summed E-state index contributed by atoms with van der Waals surface area (Å²) in [6.45, 7) is 2.96. The molecule has 0 fully saturated rings. The molecule has 0 unspecified atom stereocenters. The van der Waals surface area contributed by atoms with E-state index in [1.165, 1.54) is 30.5 Å². The van der Waals surface area contributed by atoms with Crippen molar-refractivity contribution < 1.29 is 18.4 Å². The summed E-state index contributed by atoms with van der Waals surface area (Å²) in [5.74, 6) is -1.50. The van der Waals surface area contributed by atoms with Crippen LogP contribution in [-0.4, -0.2) is 41.8 Å². The fourth-order valence-electron chi connectivity index (χ4n) is 3.67. The number of anilines is 1. The maximum Gasteiger partial charge on any atom is 0.273 e. The molecule has 0 bridgehead atoms. The van der Waals surface area contributed by atoms with Crippen molar-refractivity contribution in [2.24, 2.45) is 0 Å². The Morgan fingerprint density at radius 1 is 0.921 bits per heavy atom. The molecule has 2 N–H and O–H groups in total. The Balaban J connectivity index is 1.18. The topological polar surface area (TPSA) is 120 Å². The molecule has 0 spiro atoms. The van der Waals surface area contributed by atoms with Crippen molar-refractivity contribution in [3.8, 4) is 0 Å². The van der Waals surface area contributed by atoms with Gasteiger partial charge in [-0.2, -0.15) is 0 Å². The SMILES string of the molecule is Cc1ccc(F)c(CNC(=O)c2cn(CCCCn3cc(NC(=O)Cc4cc(Cl)ccc4F)nn3)nn2)c1. The molecule has 0 aliphatic rings. The van der Waals surface area contributed by atoms with Crippen molar-refractivity contribution in [3.63, 3.8) is 0 Å². The number of halogens is 3. The Morgan fingerprint density at radius 3 is 2.39 bits per heavy atom. The summed E-state index contributed by atoms with van der Waals surface area (Å²) in [4.78, 5) is 24.5. The van der Waals surface area contributed by atoms with Gasteiger partial charge in [-0.25, -0.2) is 8.78 Å². The van der Waals surface area contributed by atoms with Crippen LogP contribution in [-0.2, 0) is 30.8 Å². The van der Waals surface area contributed by atoms with Gasteiger partial charge in [0.2, 0.25) is 5.91 Å². The molecule has 2 amide bonds. The second-order valence-corrected chi connectivity index (χ2v) is 9.12. The van der Waals surface area contributed by atoms with E-state index < -0.39 is 17.6 Å². The highest BCUT2D eigenvalue weighted by Crippen LogP contribution is 2.16. The largest absolute Gasteiger partial charge is 0.346 e. The molecule has 0 saturated carbocycles. The first-order valence-corrected chi connectivity index (χ1v) is 12.2. The van der Waals surface area contributed by atoms with Gasteiger partial charge in [0, 0.05) is 30.2 Å². The van der Waals surface area contributed by atoms with Crippen LogP contribution in [0.4, 0.5) is 14.6 Å². The number of unbranched alkanes of at least 4 members (excludes halogenated alkanes) is 1. The molecule has 198 valence electrons. The Hall–Kier alpha value is -4.19. The van der Waals surface area contributed by atoms with E-state index in [4.69, 9.17) is 11.6 Å². The van der Waals surface area contributed by atoms with Gasteiger partial charge in [-0.1, -0.05) is 39.7 Å². The van der Waals surface area contributed by atoms with Gasteiger partial charge in [-0.05, 0) is 49.6 Å². The second-order valence-electron chi connectivity index (χ2n) is 8.68. The number of hydrogen-bond donors (Lipinski definition) is 2. The van der Waals surface area contributed by atoms with E-state index in [2.05, 4.69) is 31.3 Å². The minimum Gasteiger partial charge on any atom is -0.346 e. The van der Waals surface area contributed by atoms with E-state index in [-0.39, 0.29) is 35.9 Å². The minimum atomic E-state index is -0.508. The predicted octanol–water partition coefficient (Wildman–Crippen LogP) is 3.70. The fraction of sp³-hybridized carbons (Fsp3) is 0.280. The predicted molar refractivity (Wildman–Crippen MR) is 135 cm³/mol. The lowest BCUT2D eigenvalue weighted by atomic mass is 10.1. The lowest BCUT2D eigenvalue weighted by Gasteiger charge is -2.05. The molecule has 4 rings (SSSR count). The summed E-state index contributed by atoms with van der Waals surface area (Å²) in [6, 6.07) is 8.75. The lowest BCUT2D eigenvalue weighted by Crippen LogP contribution is -2.23. The van der Waals surface area contributed by atoms with E-state index >= 15 is 0 Å². The van der Waals surface area contributed by atoms with E-state index in [9.17, 15) is 18.4 Å². The third-order valence-electron chi connectivity index (χ3n) is 5.60.